The zero-order valence-corrected chi connectivity index (χ0v) is 20.5. The third kappa shape index (κ3) is 7.90. The summed E-state index contributed by atoms with van der Waals surface area (Å²) in [5.41, 5.74) is -0.493. The first-order valence-corrected chi connectivity index (χ1v) is 11.3. The van der Waals surface area contributed by atoms with Crippen LogP contribution in [0.5, 0.6) is 0 Å². The fourth-order valence-corrected chi connectivity index (χ4v) is 3.95. The van der Waals surface area contributed by atoms with Gasteiger partial charge in [-0.2, -0.15) is 0 Å². The Morgan fingerprint density at radius 1 is 1.25 bits per heavy atom. The summed E-state index contributed by atoms with van der Waals surface area (Å²) in [4.78, 5) is 18.2. The minimum Gasteiger partial charge on any atom is -0.444 e. The number of carbonyl (C=O) groups excluding carboxylic acids is 1. The molecule has 2 saturated heterocycles. The third-order valence-corrected chi connectivity index (χ3v) is 5.71. The van der Waals surface area contributed by atoms with Crippen molar-refractivity contribution in [1.29, 1.82) is 0 Å². The Hall–Kier alpha value is -0.820. The lowest BCUT2D eigenvalue weighted by molar-refractivity contribution is 0.00700. The number of nitrogens with one attached hydrogen (secondary N) is 2. The van der Waals surface area contributed by atoms with E-state index in [2.05, 4.69) is 15.6 Å². The average molecular weight is 531 g/mol. The maximum absolute atomic E-state index is 12.0. The molecule has 1 amide bonds. The van der Waals surface area contributed by atoms with E-state index in [1.807, 2.05) is 27.7 Å². The van der Waals surface area contributed by atoms with Gasteiger partial charge in [0.2, 0.25) is 10.0 Å². The predicted molar refractivity (Wildman–Crippen MR) is 121 cm³/mol. The number of amides is 1. The Labute approximate surface area is 185 Å². The van der Waals surface area contributed by atoms with E-state index in [4.69, 9.17) is 4.74 Å². The lowest BCUT2D eigenvalue weighted by Gasteiger charge is -2.40. The molecule has 2 fully saturated rings. The van der Waals surface area contributed by atoms with Crippen molar-refractivity contribution in [3.05, 3.63) is 0 Å². The van der Waals surface area contributed by atoms with Crippen molar-refractivity contribution in [1.82, 2.24) is 19.8 Å². The summed E-state index contributed by atoms with van der Waals surface area (Å²) in [6.07, 6.45) is 1.78. The molecule has 2 rings (SSSR count). The number of sulfonamides is 1. The van der Waals surface area contributed by atoms with Crippen molar-refractivity contribution in [2.24, 2.45) is 10.9 Å². The zero-order chi connectivity index (χ0) is 20.2. The Morgan fingerprint density at radius 2 is 1.89 bits per heavy atom. The Balaban J connectivity index is 0.00000392. The monoisotopic (exact) mass is 531 g/mol. The molecule has 0 aromatic carbocycles. The van der Waals surface area contributed by atoms with Crippen molar-refractivity contribution < 1.29 is 17.9 Å². The summed E-state index contributed by atoms with van der Waals surface area (Å²) in [6, 6.07) is 0.131. The van der Waals surface area contributed by atoms with Crippen LogP contribution in [0, 0.1) is 5.92 Å². The highest BCUT2D eigenvalue weighted by Crippen LogP contribution is 2.19. The molecule has 2 aliphatic heterocycles. The summed E-state index contributed by atoms with van der Waals surface area (Å²) >= 11 is 0. The molecule has 28 heavy (non-hydrogen) atoms. The van der Waals surface area contributed by atoms with Crippen LogP contribution in [0.3, 0.4) is 0 Å². The SMILES string of the molecule is CCNC(=NCC1CCN(S(C)(=O)=O)C1)NC1CN(C(=O)OC(C)(C)C)C1.I. The van der Waals surface area contributed by atoms with Crippen LogP contribution < -0.4 is 10.6 Å². The number of likely N-dealkylation sites (tertiary alicyclic amines) is 1. The number of hydrogen-bond donors (Lipinski definition) is 2. The molecule has 11 heteroatoms. The maximum atomic E-state index is 12.0. The second kappa shape index (κ2) is 10.3. The van der Waals surface area contributed by atoms with Gasteiger partial charge in [0.15, 0.2) is 5.96 Å². The minimum absolute atomic E-state index is 0. The molecule has 164 valence electrons. The summed E-state index contributed by atoms with van der Waals surface area (Å²) in [5.74, 6) is 0.930. The van der Waals surface area contributed by atoms with Crippen LogP contribution in [-0.2, 0) is 14.8 Å². The summed E-state index contributed by atoms with van der Waals surface area (Å²) in [5, 5.41) is 6.53. The lowest BCUT2D eigenvalue weighted by atomic mass is 10.1. The van der Waals surface area contributed by atoms with Gasteiger partial charge in [-0.25, -0.2) is 17.5 Å². The fraction of sp³-hybridized carbons (Fsp3) is 0.882. The number of hydrogen-bond acceptors (Lipinski definition) is 5. The lowest BCUT2D eigenvalue weighted by Crippen LogP contribution is -2.63. The highest BCUT2D eigenvalue weighted by molar-refractivity contribution is 14.0. The van der Waals surface area contributed by atoms with Crippen LogP contribution >= 0.6 is 24.0 Å². The van der Waals surface area contributed by atoms with Gasteiger partial charge >= 0.3 is 6.09 Å². The topological polar surface area (TPSA) is 103 Å². The number of nitrogens with zero attached hydrogens (tertiary/aromatic N) is 3. The normalized spacial score (nSPS) is 21.7. The number of aliphatic imine (C=N–C) groups is 1. The minimum atomic E-state index is -3.12. The number of guanidine groups is 1. The average Bonchev–Trinajstić information content (AvgIpc) is 2.94. The van der Waals surface area contributed by atoms with Crippen molar-refractivity contribution in [3.63, 3.8) is 0 Å². The van der Waals surface area contributed by atoms with Crippen LogP contribution in [0.2, 0.25) is 0 Å². The molecule has 0 aromatic rings. The second-order valence-corrected chi connectivity index (χ2v) is 10.2. The van der Waals surface area contributed by atoms with E-state index in [1.54, 1.807) is 4.90 Å². The molecular formula is C17H34IN5O4S. The molecule has 9 nitrogen and oxygen atoms in total. The molecule has 0 radical (unpaired) electrons. The van der Waals surface area contributed by atoms with E-state index in [1.165, 1.54) is 10.6 Å². The molecule has 0 aromatic heterocycles. The van der Waals surface area contributed by atoms with Gasteiger partial charge in [0.25, 0.3) is 0 Å². The molecular weight excluding hydrogens is 497 g/mol. The number of carbonyl (C=O) groups is 1. The first kappa shape index (κ1) is 25.2. The van der Waals surface area contributed by atoms with Gasteiger partial charge in [-0.05, 0) is 40.0 Å². The molecule has 2 N–H and O–H groups in total. The Bertz CT molecular complexity index is 659. The van der Waals surface area contributed by atoms with Crippen molar-refractivity contribution in [2.75, 3.05) is 45.5 Å². The third-order valence-electron chi connectivity index (χ3n) is 4.44. The zero-order valence-electron chi connectivity index (χ0n) is 17.4. The standard InChI is InChI=1S/C17H33N5O4S.HI/c1-6-18-15(19-9-13-7-8-22(10-13)27(5,24)25)20-14-11-21(12-14)16(23)26-17(2,3)4;/h13-14H,6-12H2,1-5H3,(H2,18,19,20);1H. The highest BCUT2D eigenvalue weighted by atomic mass is 127. The summed E-state index contributed by atoms with van der Waals surface area (Å²) in [6.45, 7) is 11.1. The summed E-state index contributed by atoms with van der Waals surface area (Å²) in [7, 11) is -3.12. The van der Waals surface area contributed by atoms with Gasteiger partial charge < -0.3 is 20.3 Å². The van der Waals surface area contributed by atoms with Crippen LogP contribution in [-0.4, -0.2) is 86.8 Å². The van der Waals surface area contributed by atoms with E-state index in [-0.39, 0.29) is 42.0 Å². The molecule has 0 spiro atoms. The van der Waals surface area contributed by atoms with Crippen LogP contribution in [0.25, 0.3) is 0 Å². The van der Waals surface area contributed by atoms with Crippen LogP contribution in [0.1, 0.15) is 34.1 Å². The van der Waals surface area contributed by atoms with E-state index in [0.717, 1.165) is 13.0 Å². The van der Waals surface area contributed by atoms with Crippen molar-refractivity contribution >= 4 is 46.1 Å². The van der Waals surface area contributed by atoms with Crippen molar-refractivity contribution in [2.45, 2.75) is 45.8 Å². The first-order valence-electron chi connectivity index (χ1n) is 9.46. The van der Waals surface area contributed by atoms with Gasteiger partial charge in [0.05, 0.1) is 12.3 Å². The van der Waals surface area contributed by atoms with Crippen LogP contribution in [0.15, 0.2) is 4.99 Å². The molecule has 0 aliphatic carbocycles. The van der Waals surface area contributed by atoms with Crippen molar-refractivity contribution in [3.8, 4) is 0 Å². The molecule has 0 bridgehead atoms. The molecule has 1 unspecified atom stereocenters. The van der Waals surface area contributed by atoms with Gasteiger partial charge in [-0.3, -0.25) is 4.99 Å². The highest BCUT2D eigenvalue weighted by Gasteiger charge is 2.34. The van der Waals surface area contributed by atoms with E-state index >= 15 is 0 Å². The second-order valence-electron chi connectivity index (χ2n) is 8.22. The van der Waals surface area contributed by atoms with E-state index in [9.17, 15) is 13.2 Å². The molecule has 2 heterocycles. The molecule has 1 atom stereocenters. The van der Waals surface area contributed by atoms with E-state index < -0.39 is 15.6 Å². The Morgan fingerprint density at radius 3 is 2.39 bits per heavy atom. The smallest absolute Gasteiger partial charge is 0.410 e. The number of rotatable bonds is 5. The predicted octanol–water partition coefficient (Wildman–Crippen LogP) is 1.06. The number of ether oxygens (including phenoxy) is 1. The van der Waals surface area contributed by atoms with Crippen LogP contribution in [0.4, 0.5) is 4.79 Å². The largest absolute Gasteiger partial charge is 0.444 e. The fourth-order valence-electron chi connectivity index (χ4n) is 3.03. The number of halogens is 1. The summed E-state index contributed by atoms with van der Waals surface area (Å²) < 4.78 is 30.1. The molecule has 2 aliphatic rings. The maximum Gasteiger partial charge on any atom is 0.410 e. The van der Waals surface area contributed by atoms with E-state index in [0.29, 0.717) is 38.7 Å². The van der Waals surface area contributed by atoms with Gasteiger partial charge in [-0.1, -0.05) is 0 Å². The Kier molecular flexibility index (Phi) is 9.26. The van der Waals surface area contributed by atoms with Gasteiger partial charge in [0, 0.05) is 39.3 Å². The van der Waals surface area contributed by atoms with Gasteiger partial charge in [0.1, 0.15) is 5.60 Å². The van der Waals surface area contributed by atoms with Gasteiger partial charge in [-0.15, -0.1) is 24.0 Å². The molecule has 0 saturated carbocycles. The quantitative estimate of drug-likeness (QED) is 0.313. The first-order chi connectivity index (χ1) is 12.5.